The van der Waals surface area contributed by atoms with E-state index in [0.29, 0.717) is 0 Å². The van der Waals surface area contributed by atoms with Crippen molar-refractivity contribution in [1.29, 1.82) is 0 Å². The molecule has 0 atom stereocenters. The lowest BCUT2D eigenvalue weighted by Gasteiger charge is -2.10. The first-order valence-electron chi connectivity index (χ1n) is 8.30. The number of methoxy groups -OCH3 is 1. The first kappa shape index (κ1) is 19.2. The molecule has 1 heterocycles. The highest BCUT2D eigenvalue weighted by atomic mass is 16.5. The van der Waals surface area contributed by atoms with E-state index in [2.05, 4.69) is 20.4 Å². The lowest BCUT2D eigenvalue weighted by Crippen LogP contribution is -2.41. The normalized spacial score (nSPS) is 11.0. The maximum atomic E-state index is 11.7. The molecule has 0 bridgehead atoms. The molecule has 1 aromatic heterocycles. The molecule has 0 radical (unpaired) electrons. The average Bonchev–Trinajstić information content (AvgIpc) is 2.88. The fraction of sp³-hybridized carbons (Fsp3) is 0.316. The number of hydrazone groups is 1. The van der Waals surface area contributed by atoms with Gasteiger partial charge in [0.1, 0.15) is 5.75 Å². The van der Waals surface area contributed by atoms with E-state index in [1.54, 1.807) is 21.0 Å². The molecular weight excluding hydrogens is 332 g/mol. The smallest absolute Gasteiger partial charge is 0.329 e. The quantitative estimate of drug-likeness (QED) is 0.489. The first-order chi connectivity index (χ1) is 12.3. The third kappa shape index (κ3) is 4.50. The summed E-state index contributed by atoms with van der Waals surface area (Å²) in [4.78, 5) is 23.2. The predicted octanol–water partition coefficient (Wildman–Crippen LogP) is 2.08. The largest absolute Gasteiger partial charge is 0.497 e. The number of carbonyl (C=O) groups excluding carboxylic acids is 2. The molecule has 2 rings (SSSR count). The summed E-state index contributed by atoms with van der Waals surface area (Å²) in [7, 11) is 1.63. The summed E-state index contributed by atoms with van der Waals surface area (Å²) in [5.41, 5.74) is 6.09. The second-order valence-corrected chi connectivity index (χ2v) is 6.19. The molecule has 0 unspecified atom stereocenters. The van der Waals surface area contributed by atoms with Gasteiger partial charge in [0, 0.05) is 28.7 Å². The third-order valence-corrected chi connectivity index (χ3v) is 3.80. The Kier molecular flexibility index (Phi) is 6.16. The molecule has 138 valence electrons. The minimum Gasteiger partial charge on any atom is -0.497 e. The zero-order valence-corrected chi connectivity index (χ0v) is 15.7. The van der Waals surface area contributed by atoms with Gasteiger partial charge in [-0.15, -0.1) is 0 Å². The van der Waals surface area contributed by atoms with Crippen LogP contribution in [0.3, 0.4) is 0 Å². The maximum absolute atomic E-state index is 11.7. The lowest BCUT2D eigenvalue weighted by atomic mass is 10.2. The third-order valence-electron chi connectivity index (χ3n) is 3.80. The Hall–Kier alpha value is -3.09. The van der Waals surface area contributed by atoms with Crippen LogP contribution in [-0.4, -0.2) is 35.7 Å². The fourth-order valence-electron chi connectivity index (χ4n) is 2.59. The van der Waals surface area contributed by atoms with Crippen molar-refractivity contribution in [3.63, 3.8) is 0 Å². The van der Waals surface area contributed by atoms with Crippen molar-refractivity contribution >= 4 is 18.0 Å². The van der Waals surface area contributed by atoms with Crippen LogP contribution in [0.25, 0.3) is 5.69 Å². The number of nitrogens with zero attached hydrogens (tertiary/aromatic N) is 2. The zero-order valence-electron chi connectivity index (χ0n) is 15.7. The lowest BCUT2D eigenvalue weighted by molar-refractivity contribution is -0.139. The molecule has 0 aliphatic heterocycles. The second kappa shape index (κ2) is 8.33. The number of amides is 2. The van der Waals surface area contributed by atoms with Crippen molar-refractivity contribution in [2.75, 3.05) is 7.11 Å². The second-order valence-electron chi connectivity index (χ2n) is 6.19. The highest BCUT2D eigenvalue weighted by Gasteiger charge is 2.13. The maximum Gasteiger partial charge on any atom is 0.329 e. The molecule has 2 N–H and O–H groups in total. The molecule has 26 heavy (non-hydrogen) atoms. The van der Waals surface area contributed by atoms with Gasteiger partial charge in [-0.05, 0) is 58.0 Å². The Bertz CT molecular complexity index is 820. The van der Waals surface area contributed by atoms with E-state index < -0.39 is 11.8 Å². The SMILES string of the molecule is COc1ccc(-n2c(C)cc(/C=N\NC(=O)C(=O)NC(C)C)c2C)cc1. The van der Waals surface area contributed by atoms with Gasteiger partial charge in [-0.25, -0.2) is 5.43 Å². The number of carbonyl (C=O) groups is 2. The van der Waals surface area contributed by atoms with Crippen molar-refractivity contribution in [2.45, 2.75) is 33.7 Å². The van der Waals surface area contributed by atoms with Crippen molar-refractivity contribution in [3.05, 3.63) is 47.3 Å². The number of hydrogen-bond acceptors (Lipinski definition) is 4. The summed E-state index contributed by atoms with van der Waals surface area (Å²) in [5, 5.41) is 6.39. The minimum absolute atomic E-state index is 0.111. The van der Waals surface area contributed by atoms with Crippen LogP contribution in [0.4, 0.5) is 0 Å². The van der Waals surface area contributed by atoms with Gasteiger partial charge in [-0.1, -0.05) is 0 Å². The van der Waals surface area contributed by atoms with Crippen LogP contribution in [0.15, 0.2) is 35.4 Å². The molecule has 7 heteroatoms. The van der Waals surface area contributed by atoms with Crippen molar-refractivity contribution in [3.8, 4) is 11.4 Å². The van der Waals surface area contributed by atoms with Gasteiger partial charge in [0.2, 0.25) is 0 Å². The molecule has 0 saturated carbocycles. The topological polar surface area (TPSA) is 84.7 Å². The van der Waals surface area contributed by atoms with E-state index in [9.17, 15) is 9.59 Å². The molecule has 0 saturated heterocycles. The number of aromatic nitrogens is 1. The Morgan fingerprint density at radius 3 is 2.38 bits per heavy atom. The zero-order chi connectivity index (χ0) is 19.3. The van der Waals surface area contributed by atoms with Crippen LogP contribution in [-0.2, 0) is 9.59 Å². The van der Waals surface area contributed by atoms with Crippen LogP contribution >= 0.6 is 0 Å². The van der Waals surface area contributed by atoms with E-state index >= 15 is 0 Å². The van der Waals surface area contributed by atoms with E-state index in [1.807, 2.05) is 44.2 Å². The summed E-state index contributed by atoms with van der Waals surface area (Å²) >= 11 is 0. The molecule has 7 nitrogen and oxygen atoms in total. The fourth-order valence-corrected chi connectivity index (χ4v) is 2.59. The summed E-state index contributed by atoms with van der Waals surface area (Å²) in [6.45, 7) is 7.51. The number of benzene rings is 1. The van der Waals surface area contributed by atoms with Crippen LogP contribution < -0.4 is 15.5 Å². The molecule has 0 aliphatic carbocycles. The Morgan fingerprint density at radius 1 is 1.15 bits per heavy atom. The van der Waals surface area contributed by atoms with Gasteiger partial charge in [0.25, 0.3) is 0 Å². The summed E-state index contributed by atoms with van der Waals surface area (Å²) in [5.74, 6) is -0.708. The average molecular weight is 356 g/mol. The van der Waals surface area contributed by atoms with E-state index in [4.69, 9.17) is 4.74 Å². The highest BCUT2D eigenvalue weighted by molar-refractivity contribution is 6.35. The van der Waals surface area contributed by atoms with Gasteiger partial charge in [0.05, 0.1) is 13.3 Å². The van der Waals surface area contributed by atoms with E-state index in [1.165, 1.54) is 6.21 Å². The van der Waals surface area contributed by atoms with Gasteiger partial charge in [0.15, 0.2) is 0 Å². The number of ether oxygens (including phenoxy) is 1. The van der Waals surface area contributed by atoms with Crippen LogP contribution in [0.1, 0.15) is 30.8 Å². The number of rotatable bonds is 5. The Morgan fingerprint density at radius 2 is 1.81 bits per heavy atom. The Balaban J connectivity index is 2.14. The standard InChI is InChI=1S/C19H24N4O3/c1-12(2)21-18(24)19(25)22-20-11-15-10-13(3)23(14(15)4)16-6-8-17(26-5)9-7-16/h6-12H,1-5H3,(H,21,24)(H,22,25)/b20-11-. The molecule has 0 fully saturated rings. The van der Waals surface area contributed by atoms with Gasteiger partial charge < -0.3 is 14.6 Å². The predicted molar refractivity (Wildman–Crippen MR) is 101 cm³/mol. The first-order valence-corrected chi connectivity index (χ1v) is 8.30. The number of nitrogens with one attached hydrogen (secondary N) is 2. The van der Waals surface area contributed by atoms with Crippen molar-refractivity contribution < 1.29 is 14.3 Å². The van der Waals surface area contributed by atoms with Crippen LogP contribution in [0.2, 0.25) is 0 Å². The van der Waals surface area contributed by atoms with E-state index in [0.717, 1.165) is 28.4 Å². The van der Waals surface area contributed by atoms with Gasteiger partial charge in [-0.2, -0.15) is 5.10 Å². The molecule has 2 amide bonds. The number of hydrogen-bond donors (Lipinski definition) is 2. The van der Waals surface area contributed by atoms with E-state index in [-0.39, 0.29) is 6.04 Å². The minimum atomic E-state index is -0.793. The van der Waals surface area contributed by atoms with Crippen LogP contribution in [0, 0.1) is 13.8 Å². The molecule has 2 aromatic rings. The highest BCUT2D eigenvalue weighted by Crippen LogP contribution is 2.21. The summed E-state index contributed by atoms with van der Waals surface area (Å²) < 4.78 is 7.26. The van der Waals surface area contributed by atoms with Gasteiger partial charge >= 0.3 is 11.8 Å². The Labute approximate surface area is 153 Å². The molecular formula is C19H24N4O3. The molecule has 1 aromatic carbocycles. The van der Waals surface area contributed by atoms with Crippen molar-refractivity contribution in [2.24, 2.45) is 5.10 Å². The summed E-state index contributed by atoms with van der Waals surface area (Å²) in [6, 6.07) is 9.59. The van der Waals surface area contributed by atoms with Crippen LogP contribution in [0.5, 0.6) is 5.75 Å². The molecule has 0 aliphatic rings. The van der Waals surface area contributed by atoms with Gasteiger partial charge in [-0.3, -0.25) is 9.59 Å². The van der Waals surface area contributed by atoms with Crippen molar-refractivity contribution in [1.82, 2.24) is 15.3 Å². The molecule has 0 spiro atoms. The monoisotopic (exact) mass is 356 g/mol. The summed E-state index contributed by atoms with van der Waals surface area (Å²) in [6.07, 6.45) is 1.53. The number of aryl methyl sites for hydroxylation is 1.